The number of ketones is 1. The molecule has 0 aliphatic carbocycles. The van der Waals surface area contributed by atoms with Gasteiger partial charge in [0.15, 0.2) is 5.78 Å². The summed E-state index contributed by atoms with van der Waals surface area (Å²) in [7, 11) is 0. The van der Waals surface area contributed by atoms with Crippen LogP contribution in [0.1, 0.15) is 26.2 Å². The summed E-state index contributed by atoms with van der Waals surface area (Å²) in [5, 5.41) is 0. The van der Waals surface area contributed by atoms with E-state index in [1.807, 2.05) is 6.92 Å². The number of unbranched alkanes of at least 4 members (excludes halogenated alkanes) is 1. The minimum Gasteiger partial charge on any atom is -0.295 e. The molecule has 0 saturated heterocycles. The van der Waals surface area contributed by atoms with Crippen molar-refractivity contribution in [2.45, 2.75) is 26.2 Å². The highest BCUT2D eigenvalue weighted by atomic mass is 32.1. The second kappa shape index (κ2) is 6.87. The van der Waals surface area contributed by atoms with Gasteiger partial charge in [-0.05, 0) is 31.6 Å². The van der Waals surface area contributed by atoms with E-state index in [0.717, 1.165) is 18.6 Å². The quantitative estimate of drug-likeness (QED) is 0.369. The van der Waals surface area contributed by atoms with Crippen molar-refractivity contribution in [1.29, 1.82) is 0 Å². The Bertz CT molecular complexity index is 118. The van der Waals surface area contributed by atoms with E-state index in [1.54, 1.807) is 12.2 Å². The van der Waals surface area contributed by atoms with Crippen molar-refractivity contribution in [2.24, 2.45) is 0 Å². The summed E-state index contributed by atoms with van der Waals surface area (Å²) in [5.74, 6) is 1.10. The molecule has 0 spiro atoms. The second-order valence-corrected chi connectivity index (χ2v) is 2.59. The molecule has 0 unspecified atom stereocenters. The first-order valence-corrected chi connectivity index (χ1v) is 4.21. The smallest absolute Gasteiger partial charge is 0.155 e. The zero-order valence-electron chi connectivity index (χ0n) is 6.34. The molecule has 0 aromatic carbocycles. The van der Waals surface area contributed by atoms with Crippen molar-refractivity contribution < 1.29 is 4.79 Å². The second-order valence-electron chi connectivity index (χ2n) is 2.15. The topological polar surface area (TPSA) is 17.1 Å². The van der Waals surface area contributed by atoms with E-state index in [0.29, 0.717) is 6.42 Å². The van der Waals surface area contributed by atoms with Gasteiger partial charge in [-0.3, -0.25) is 4.79 Å². The van der Waals surface area contributed by atoms with Gasteiger partial charge < -0.3 is 0 Å². The molecule has 0 heterocycles. The molecule has 0 fully saturated rings. The van der Waals surface area contributed by atoms with Gasteiger partial charge in [-0.15, -0.1) is 0 Å². The van der Waals surface area contributed by atoms with Gasteiger partial charge in [0.1, 0.15) is 0 Å². The maximum atomic E-state index is 10.8. The molecule has 0 saturated carbocycles. The zero-order chi connectivity index (χ0) is 7.82. The van der Waals surface area contributed by atoms with Crippen LogP contribution in [0, 0.1) is 0 Å². The third-order valence-corrected chi connectivity index (χ3v) is 1.50. The van der Waals surface area contributed by atoms with Gasteiger partial charge in [0.2, 0.25) is 0 Å². The van der Waals surface area contributed by atoms with Gasteiger partial charge in [-0.2, -0.15) is 12.6 Å². The van der Waals surface area contributed by atoms with Crippen LogP contribution < -0.4 is 0 Å². The van der Waals surface area contributed by atoms with Crippen molar-refractivity contribution in [1.82, 2.24) is 0 Å². The van der Waals surface area contributed by atoms with E-state index >= 15 is 0 Å². The maximum Gasteiger partial charge on any atom is 0.155 e. The zero-order valence-corrected chi connectivity index (χ0v) is 7.23. The lowest BCUT2D eigenvalue weighted by Crippen LogP contribution is -1.91. The first kappa shape index (κ1) is 9.76. The lowest BCUT2D eigenvalue weighted by Gasteiger charge is -1.92. The van der Waals surface area contributed by atoms with Crippen molar-refractivity contribution >= 4 is 18.4 Å². The molecule has 0 aromatic rings. The molecule has 0 aliphatic rings. The fraction of sp³-hybridized carbons (Fsp3) is 0.625. The number of rotatable bonds is 5. The largest absolute Gasteiger partial charge is 0.295 e. The standard InChI is InChI=1S/C8H14OS/c1-2-5-8(9)6-3-4-7-10/h2,5,10H,3-4,6-7H2,1H3/b5-2+. The average Bonchev–Trinajstić information content (AvgIpc) is 1.89. The third-order valence-electron chi connectivity index (χ3n) is 1.18. The SMILES string of the molecule is C/C=C/C(=O)CCCCS. The highest BCUT2D eigenvalue weighted by Gasteiger charge is 1.93. The number of carbonyl (C=O) groups is 1. The lowest BCUT2D eigenvalue weighted by molar-refractivity contribution is -0.114. The van der Waals surface area contributed by atoms with E-state index in [4.69, 9.17) is 0 Å². The van der Waals surface area contributed by atoms with E-state index in [9.17, 15) is 4.79 Å². The summed E-state index contributed by atoms with van der Waals surface area (Å²) < 4.78 is 0. The molecule has 0 N–H and O–H groups in total. The Hall–Kier alpha value is -0.240. The Morgan fingerprint density at radius 2 is 2.20 bits per heavy atom. The summed E-state index contributed by atoms with van der Waals surface area (Å²) >= 11 is 4.05. The molecule has 2 heteroatoms. The van der Waals surface area contributed by atoms with Crippen LogP contribution in [0.25, 0.3) is 0 Å². The number of hydrogen-bond acceptors (Lipinski definition) is 2. The highest BCUT2D eigenvalue weighted by Crippen LogP contribution is 1.98. The summed E-state index contributed by atoms with van der Waals surface area (Å²) in [6.45, 7) is 1.86. The van der Waals surface area contributed by atoms with Crippen LogP contribution in [0.3, 0.4) is 0 Å². The van der Waals surface area contributed by atoms with E-state index in [2.05, 4.69) is 12.6 Å². The first-order chi connectivity index (χ1) is 4.81. The van der Waals surface area contributed by atoms with E-state index < -0.39 is 0 Å². The fourth-order valence-corrected chi connectivity index (χ4v) is 0.904. The molecule has 58 valence electrons. The van der Waals surface area contributed by atoms with Crippen LogP contribution in [0.15, 0.2) is 12.2 Å². The number of carbonyl (C=O) groups excluding carboxylic acids is 1. The van der Waals surface area contributed by atoms with Crippen LogP contribution in [0.4, 0.5) is 0 Å². The lowest BCUT2D eigenvalue weighted by atomic mass is 10.2. The van der Waals surface area contributed by atoms with Gasteiger partial charge in [-0.25, -0.2) is 0 Å². The van der Waals surface area contributed by atoms with Crippen LogP contribution in [-0.2, 0) is 4.79 Å². The van der Waals surface area contributed by atoms with Crippen molar-refractivity contribution in [3.05, 3.63) is 12.2 Å². The highest BCUT2D eigenvalue weighted by molar-refractivity contribution is 7.80. The van der Waals surface area contributed by atoms with E-state index in [-0.39, 0.29) is 5.78 Å². The fourth-order valence-electron chi connectivity index (χ4n) is 0.680. The van der Waals surface area contributed by atoms with Gasteiger partial charge >= 0.3 is 0 Å². The summed E-state index contributed by atoms with van der Waals surface area (Å²) in [4.78, 5) is 10.8. The number of thiol groups is 1. The Kier molecular flexibility index (Phi) is 6.71. The predicted molar refractivity (Wildman–Crippen MR) is 47.5 cm³/mol. The predicted octanol–water partition coefficient (Wildman–Crippen LogP) is 2.23. The maximum absolute atomic E-state index is 10.8. The molecule has 0 atom stereocenters. The van der Waals surface area contributed by atoms with Gasteiger partial charge in [-0.1, -0.05) is 6.08 Å². The molecule has 0 rings (SSSR count). The van der Waals surface area contributed by atoms with Crippen LogP contribution in [0.2, 0.25) is 0 Å². The Labute approximate surface area is 67.9 Å². The summed E-state index contributed by atoms with van der Waals surface area (Å²) in [6.07, 6.45) is 6.07. The Morgan fingerprint density at radius 3 is 2.70 bits per heavy atom. The van der Waals surface area contributed by atoms with Crippen LogP contribution >= 0.6 is 12.6 Å². The molecular formula is C8H14OS. The van der Waals surface area contributed by atoms with Crippen molar-refractivity contribution in [3.63, 3.8) is 0 Å². The Balaban J connectivity index is 3.22. The molecule has 1 nitrogen and oxygen atoms in total. The molecule has 0 amide bonds. The molecule has 0 bridgehead atoms. The third kappa shape index (κ3) is 5.89. The first-order valence-electron chi connectivity index (χ1n) is 3.57. The number of hydrogen-bond donors (Lipinski definition) is 1. The molecule has 0 aromatic heterocycles. The number of allylic oxidation sites excluding steroid dienone is 2. The molecular weight excluding hydrogens is 144 g/mol. The summed E-state index contributed by atoms with van der Waals surface area (Å²) in [5.41, 5.74) is 0. The monoisotopic (exact) mass is 158 g/mol. The molecule has 0 aliphatic heterocycles. The minimum absolute atomic E-state index is 0.226. The van der Waals surface area contributed by atoms with Crippen molar-refractivity contribution in [3.8, 4) is 0 Å². The Morgan fingerprint density at radius 1 is 1.50 bits per heavy atom. The van der Waals surface area contributed by atoms with Crippen LogP contribution in [0.5, 0.6) is 0 Å². The van der Waals surface area contributed by atoms with Gasteiger partial charge in [0, 0.05) is 6.42 Å². The van der Waals surface area contributed by atoms with Crippen molar-refractivity contribution in [2.75, 3.05) is 5.75 Å². The molecule has 10 heavy (non-hydrogen) atoms. The molecule has 0 radical (unpaired) electrons. The summed E-state index contributed by atoms with van der Waals surface area (Å²) in [6, 6.07) is 0. The normalized spacial score (nSPS) is 10.6. The average molecular weight is 158 g/mol. The van der Waals surface area contributed by atoms with E-state index in [1.165, 1.54) is 0 Å². The van der Waals surface area contributed by atoms with Crippen LogP contribution in [-0.4, -0.2) is 11.5 Å². The van der Waals surface area contributed by atoms with Gasteiger partial charge in [0.05, 0.1) is 0 Å². The van der Waals surface area contributed by atoms with Gasteiger partial charge in [0.25, 0.3) is 0 Å². The minimum atomic E-state index is 0.226.